The molecule has 1 N–H and O–H groups in total. The third kappa shape index (κ3) is 5.31. The maximum atomic E-state index is 11.3. The van der Waals surface area contributed by atoms with E-state index in [0.29, 0.717) is 11.9 Å². The van der Waals surface area contributed by atoms with Gasteiger partial charge in [-0.05, 0) is 19.3 Å². The summed E-state index contributed by atoms with van der Waals surface area (Å²) in [6.07, 6.45) is 3.98. The van der Waals surface area contributed by atoms with Gasteiger partial charge in [-0.15, -0.1) is 0 Å². The summed E-state index contributed by atoms with van der Waals surface area (Å²) in [5, 5.41) is 0.600. The van der Waals surface area contributed by atoms with Gasteiger partial charge in [-0.25, -0.2) is 0 Å². The van der Waals surface area contributed by atoms with E-state index < -0.39 is 0 Å². The maximum Gasteiger partial charge on any atom is 0.320 e. The summed E-state index contributed by atoms with van der Waals surface area (Å²) in [6, 6.07) is 0. The predicted molar refractivity (Wildman–Crippen MR) is 66.9 cm³/mol. The first-order chi connectivity index (χ1) is 7.24. The Hall–Kier alpha value is 0.390. The van der Waals surface area contributed by atoms with E-state index >= 15 is 0 Å². The number of piperidine rings is 1. The minimum atomic E-state index is -0.214. The van der Waals surface area contributed by atoms with Crippen LogP contribution in [-0.2, 0) is 9.53 Å². The van der Waals surface area contributed by atoms with Crippen molar-refractivity contribution in [1.82, 2.24) is 0 Å². The molecule has 1 unspecified atom stereocenters. The molecule has 0 spiro atoms. The van der Waals surface area contributed by atoms with Crippen LogP contribution in [0.1, 0.15) is 19.3 Å². The summed E-state index contributed by atoms with van der Waals surface area (Å²) in [6.45, 7) is 3.96. The lowest BCUT2D eigenvalue weighted by Crippen LogP contribution is -3.13. The number of likely N-dealkylation sites (tertiary alicyclic amines) is 1. The average molecular weight is 344 g/mol. The fourth-order valence-electron chi connectivity index (χ4n) is 1.75. The summed E-state index contributed by atoms with van der Waals surface area (Å²) < 4.78 is 5.16. The molecule has 0 amide bonds. The van der Waals surface area contributed by atoms with E-state index in [4.69, 9.17) is 4.74 Å². The van der Waals surface area contributed by atoms with Gasteiger partial charge in [0.2, 0.25) is 0 Å². The van der Waals surface area contributed by atoms with E-state index in [1.165, 1.54) is 32.4 Å². The number of hydrogen-bond acceptors (Lipinski definition) is 2. The maximum absolute atomic E-state index is 11.3. The Labute approximate surface area is 108 Å². The highest BCUT2D eigenvalue weighted by Gasteiger charge is 2.17. The topological polar surface area (TPSA) is 30.7 Å². The van der Waals surface area contributed by atoms with Gasteiger partial charge in [0.15, 0.2) is 0 Å². The molecule has 5 heteroatoms. The molecule has 15 heavy (non-hydrogen) atoms. The van der Waals surface area contributed by atoms with E-state index in [1.807, 2.05) is 0 Å². The van der Waals surface area contributed by atoms with Crippen molar-refractivity contribution in [2.75, 3.05) is 31.6 Å². The second-order valence-electron chi connectivity index (χ2n) is 3.85. The SMILES string of the molecule is O=C(OCC[NH+]1CCCCC1)C(Br)CBr. The highest BCUT2D eigenvalue weighted by molar-refractivity contribution is 9.12. The zero-order valence-electron chi connectivity index (χ0n) is 8.81. The molecule has 1 rings (SSSR count). The highest BCUT2D eigenvalue weighted by atomic mass is 79.9. The lowest BCUT2D eigenvalue weighted by atomic mass is 10.1. The second-order valence-corrected chi connectivity index (χ2v) is 5.60. The van der Waals surface area contributed by atoms with Gasteiger partial charge in [-0.3, -0.25) is 4.79 Å². The molecule has 0 aliphatic carbocycles. The summed E-state index contributed by atoms with van der Waals surface area (Å²) in [5.74, 6) is -0.164. The zero-order valence-corrected chi connectivity index (χ0v) is 12.0. The highest BCUT2D eigenvalue weighted by Crippen LogP contribution is 2.05. The van der Waals surface area contributed by atoms with E-state index in [0.717, 1.165) is 6.54 Å². The molecule has 88 valence electrons. The predicted octanol–water partition coefficient (Wildman–Crippen LogP) is 0.757. The van der Waals surface area contributed by atoms with Crippen LogP contribution in [0, 0.1) is 0 Å². The Morgan fingerprint density at radius 2 is 2.00 bits per heavy atom. The molecule has 3 nitrogen and oxygen atoms in total. The zero-order chi connectivity index (χ0) is 11.1. The Morgan fingerprint density at radius 1 is 1.33 bits per heavy atom. The van der Waals surface area contributed by atoms with E-state index in [2.05, 4.69) is 31.9 Å². The third-order valence-electron chi connectivity index (χ3n) is 2.65. The minimum absolute atomic E-state index is 0.164. The van der Waals surface area contributed by atoms with Crippen LogP contribution >= 0.6 is 31.9 Å². The first-order valence-electron chi connectivity index (χ1n) is 5.44. The lowest BCUT2D eigenvalue weighted by Gasteiger charge is -2.23. The number of nitrogens with one attached hydrogen (secondary N) is 1. The van der Waals surface area contributed by atoms with Crippen molar-refractivity contribution in [3.63, 3.8) is 0 Å². The van der Waals surface area contributed by atoms with Gasteiger partial charge < -0.3 is 9.64 Å². The van der Waals surface area contributed by atoms with Gasteiger partial charge in [0.1, 0.15) is 18.0 Å². The largest absolute Gasteiger partial charge is 0.459 e. The first kappa shape index (κ1) is 13.5. The van der Waals surface area contributed by atoms with Gasteiger partial charge in [0.05, 0.1) is 13.1 Å². The Morgan fingerprint density at radius 3 is 2.60 bits per heavy atom. The monoisotopic (exact) mass is 342 g/mol. The fraction of sp³-hybridized carbons (Fsp3) is 0.900. The molecule has 1 aliphatic rings. The molecule has 0 saturated carbocycles. The molecule has 1 fully saturated rings. The third-order valence-corrected chi connectivity index (χ3v) is 4.87. The normalized spacial score (nSPS) is 19.9. The van der Waals surface area contributed by atoms with Crippen LogP contribution in [0.15, 0.2) is 0 Å². The van der Waals surface area contributed by atoms with Gasteiger partial charge in [-0.2, -0.15) is 0 Å². The quantitative estimate of drug-likeness (QED) is 0.590. The number of quaternary nitrogens is 1. The number of carbonyl (C=O) groups is 1. The van der Waals surface area contributed by atoms with Crippen molar-refractivity contribution in [1.29, 1.82) is 0 Å². The van der Waals surface area contributed by atoms with Crippen molar-refractivity contribution in [2.24, 2.45) is 0 Å². The van der Waals surface area contributed by atoms with Crippen LogP contribution in [0.25, 0.3) is 0 Å². The molecule has 1 saturated heterocycles. The van der Waals surface area contributed by atoms with E-state index in [9.17, 15) is 4.79 Å². The van der Waals surface area contributed by atoms with Crippen LogP contribution < -0.4 is 4.90 Å². The van der Waals surface area contributed by atoms with Crippen molar-refractivity contribution in [3.8, 4) is 0 Å². The molecule has 1 heterocycles. The Bertz CT molecular complexity index is 196. The summed E-state index contributed by atoms with van der Waals surface area (Å²) in [4.78, 5) is 12.7. The number of ether oxygens (including phenoxy) is 1. The van der Waals surface area contributed by atoms with Crippen molar-refractivity contribution < 1.29 is 14.4 Å². The molecular formula is C10H18Br2NO2+. The number of hydrogen-bond donors (Lipinski definition) is 1. The number of rotatable bonds is 5. The molecule has 1 aliphatic heterocycles. The second kappa shape index (κ2) is 7.63. The molecule has 0 aromatic carbocycles. The Balaban J connectivity index is 2.07. The van der Waals surface area contributed by atoms with Crippen molar-refractivity contribution in [3.05, 3.63) is 0 Å². The van der Waals surface area contributed by atoms with Crippen LogP contribution in [0.3, 0.4) is 0 Å². The summed E-state index contributed by atoms with van der Waals surface area (Å²) >= 11 is 6.47. The lowest BCUT2D eigenvalue weighted by molar-refractivity contribution is -0.905. The number of halogens is 2. The van der Waals surface area contributed by atoms with Crippen molar-refractivity contribution >= 4 is 37.8 Å². The van der Waals surface area contributed by atoms with Gasteiger partial charge in [-0.1, -0.05) is 31.9 Å². The smallest absolute Gasteiger partial charge is 0.320 e. The summed E-state index contributed by atoms with van der Waals surface area (Å²) in [7, 11) is 0. The van der Waals surface area contributed by atoms with E-state index in [-0.39, 0.29) is 10.8 Å². The molecule has 1 atom stereocenters. The van der Waals surface area contributed by atoms with Gasteiger partial charge in [0, 0.05) is 5.33 Å². The molecule has 0 aromatic rings. The van der Waals surface area contributed by atoms with Gasteiger partial charge >= 0.3 is 5.97 Å². The standard InChI is InChI=1S/C10H17Br2NO2/c11-8-9(12)10(14)15-7-6-13-4-2-1-3-5-13/h9H,1-8H2/p+1. The Kier molecular flexibility index (Phi) is 6.84. The summed E-state index contributed by atoms with van der Waals surface area (Å²) in [5.41, 5.74) is 0. The van der Waals surface area contributed by atoms with Crippen LogP contribution in [-0.4, -0.2) is 42.4 Å². The van der Waals surface area contributed by atoms with Crippen LogP contribution in [0.4, 0.5) is 0 Å². The fourth-order valence-corrected chi connectivity index (χ4v) is 2.15. The van der Waals surface area contributed by atoms with Gasteiger partial charge in [0.25, 0.3) is 0 Å². The van der Waals surface area contributed by atoms with E-state index in [1.54, 1.807) is 4.90 Å². The number of carbonyl (C=O) groups excluding carboxylic acids is 1. The van der Waals surface area contributed by atoms with Crippen LogP contribution in [0.5, 0.6) is 0 Å². The molecule has 0 radical (unpaired) electrons. The molecule has 0 aromatic heterocycles. The van der Waals surface area contributed by atoms with Crippen LogP contribution in [0.2, 0.25) is 0 Å². The molecule has 0 bridgehead atoms. The first-order valence-corrected chi connectivity index (χ1v) is 7.48. The average Bonchev–Trinajstić information content (AvgIpc) is 2.29. The number of esters is 1. The minimum Gasteiger partial charge on any atom is -0.459 e. The number of alkyl halides is 2. The van der Waals surface area contributed by atoms with Crippen molar-refractivity contribution in [2.45, 2.75) is 24.1 Å². The molecular weight excluding hydrogens is 326 g/mol.